The van der Waals surface area contributed by atoms with Crippen LogP contribution in [0, 0.1) is 5.82 Å². The highest BCUT2D eigenvalue weighted by molar-refractivity contribution is 5.75. The second-order valence-electron chi connectivity index (χ2n) is 7.28. The SMILES string of the molecule is CC(C)(CNC(=O)N1CCCC1c1ccccc1)c1ccccc1F. The summed E-state index contributed by atoms with van der Waals surface area (Å²) in [6.07, 6.45) is 1.98. The lowest BCUT2D eigenvalue weighted by atomic mass is 9.84. The van der Waals surface area contributed by atoms with Crippen LogP contribution < -0.4 is 5.32 Å². The molecule has 132 valence electrons. The predicted octanol–water partition coefficient (Wildman–Crippen LogP) is 4.65. The van der Waals surface area contributed by atoms with Crippen molar-refractivity contribution in [3.63, 3.8) is 0 Å². The van der Waals surface area contributed by atoms with Gasteiger partial charge in [-0.25, -0.2) is 9.18 Å². The zero-order valence-corrected chi connectivity index (χ0v) is 14.8. The summed E-state index contributed by atoms with van der Waals surface area (Å²) < 4.78 is 14.1. The molecule has 3 rings (SSSR count). The van der Waals surface area contributed by atoms with Crippen LogP contribution in [-0.4, -0.2) is 24.0 Å². The van der Waals surface area contributed by atoms with Crippen molar-refractivity contribution in [2.75, 3.05) is 13.1 Å². The van der Waals surface area contributed by atoms with Crippen LogP contribution in [0.15, 0.2) is 54.6 Å². The fraction of sp³-hybridized carbons (Fsp3) is 0.381. The molecule has 1 heterocycles. The molecule has 1 atom stereocenters. The standard InChI is InChI=1S/C21H25FN2O/c1-21(2,17-11-6-7-12-18(17)22)15-23-20(25)24-14-8-13-19(24)16-9-4-3-5-10-16/h3-7,9-12,19H,8,13-15H2,1-2H3,(H,23,25). The lowest BCUT2D eigenvalue weighted by Crippen LogP contribution is -2.44. The maximum Gasteiger partial charge on any atom is 0.317 e. The number of likely N-dealkylation sites (tertiary alicyclic amines) is 1. The van der Waals surface area contributed by atoms with Gasteiger partial charge in [0.2, 0.25) is 0 Å². The summed E-state index contributed by atoms with van der Waals surface area (Å²) >= 11 is 0. The lowest BCUT2D eigenvalue weighted by Gasteiger charge is -2.30. The van der Waals surface area contributed by atoms with Crippen LogP contribution in [0.5, 0.6) is 0 Å². The highest BCUT2D eigenvalue weighted by atomic mass is 19.1. The number of amides is 2. The Kier molecular flexibility index (Phi) is 5.07. The van der Waals surface area contributed by atoms with E-state index in [4.69, 9.17) is 0 Å². The van der Waals surface area contributed by atoms with E-state index >= 15 is 0 Å². The molecule has 0 aromatic heterocycles. The number of carbonyl (C=O) groups excluding carboxylic acids is 1. The number of rotatable bonds is 4. The van der Waals surface area contributed by atoms with Gasteiger partial charge in [-0.15, -0.1) is 0 Å². The molecule has 1 N–H and O–H groups in total. The second-order valence-corrected chi connectivity index (χ2v) is 7.28. The number of hydrogen-bond acceptors (Lipinski definition) is 1. The maximum atomic E-state index is 14.1. The van der Waals surface area contributed by atoms with Crippen molar-refractivity contribution < 1.29 is 9.18 Å². The van der Waals surface area contributed by atoms with Crippen LogP contribution in [-0.2, 0) is 5.41 Å². The van der Waals surface area contributed by atoms with Crippen LogP contribution >= 0.6 is 0 Å². The van der Waals surface area contributed by atoms with Crippen molar-refractivity contribution in [1.29, 1.82) is 0 Å². The normalized spacial score (nSPS) is 17.6. The Morgan fingerprint density at radius 3 is 2.56 bits per heavy atom. The van der Waals surface area contributed by atoms with E-state index in [0.29, 0.717) is 12.1 Å². The largest absolute Gasteiger partial charge is 0.337 e. The molecule has 1 unspecified atom stereocenters. The van der Waals surface area contributed by atoms with E-state index in [0.717, 1.165) is 19.4 Å². The molecule has 2 amide bonds. The average molecular weight is 340 g/mol. The van der Waals surface area contributed by atoms with E-state index in [9.17, 15) is 9.18 Å². The van der Waals surface area contributed by atoms with Gasteiger partial charge in [-0.1, -0.05) is 62.4 Å². The molecule has 1 saturated heterocycles. The topological polar surface area (TPSA) is 32.3 Å². The van der Waals surface area contributed by atoms with Gasteiger partial charge in [0.15, 0.2) is 0 Å². The third-order valence-electron chi connectivity index (χ3n) is 4.98. The number of halogens is 1. The van der Waals surface area contributed by atoms with Crippen molar-refractivity contribution in [3.8, 4) is 0 Å². The lowest BCUT2D eigenvalue weighted by molar-refractivity contribution is 0.190. The molecule has 1 aliphatic rings. The summed E-state index contributed by atoms with van der Waals surface area (Å²) in [6.45, 7) is 5.05. The second kappa shape index (κ2) is 7.26. The monoisotopic (exact) mass is 340 g/mol. The van der Waals surface area contributed by atoms with Crippen LogP contribution in [0.4, 0.5) is 9.18 Å². The Morgan fingerprint density at radius 1 is 1.16 bits per heavy atom. The fourth-order valence-electron chi connectivity index (χ4n) is 3.53. The summed E-state index contributed by atoms with van der Waals surface area (Å²) in [5.41, 5.74) is 1.32. The molecule has 0 bridgehead atoms. The zero-order valence-electron chi connectivity index (χ0n) is 14.8. The Morgan fingerprint density at radius 2 is 1.84 bits per heavy atom. The summed E-state index contributed by atoms with van der Waals surface area (Å²) in [5, 5.41) is 3.01. The maximum absolute atomic E-state index is 14.1. The molecule has 0 radical (unpaired) electrons. The Labute approximate surface area is 148 Å². The molecule has 4 heteroatoms. The van der Waals surface area contributed by atoms with Crippen molar-refractivity contribution >= 4 is 6.03 Å². The summed E-state index contributed by atoms with van der Waals surface area (Å²) in [5.74, 6) is -0.231. The minimum absolute atomic E-state index is 0.0734. The number of urea groups is 1. The Hall–Kier alpha value is -2.36. The van der Waals surface area contributed by atoms with Gasteiger partial charge in [0.25, 0.3) is 0 Å². The molecule has 0 spiro atoms. The molecule has 2 aromatic rings. The molecule has 2 aromatic carbocycles. The molecule has 1 fully saturated rings. The smallest absolute Gasteiger partial charge is 0.317 e. The Balaban J connectivity index is 1.67. The van der Waals surface area contributed by atoms with Crippen LogP contribution in [0.25, 0.3) is 0 Å². The van der Waals surface area contributed by atoms with E-state index in [1.54, 1.807) is 12.1 Å². The van der Waals surface area contributed by atoms with Gasteiger partial charge in [0.1, 0.15) is 5.82 Å². The van der Waals surface area contributed by atoms with Crippen LogP contribution in [0.2, 0.25) is 0 Å². The van der Waals surface area contributed by atoms with E-state index in [2.05, 4.69) is 17.4 Å². The molecule has 1 aliphatic heterocycles. The van der Waals surface area contributed by atoms with Gasteiger partial charge in [-0.2, -0.15) is 0 Å². The highest BCUT2D eigenvalue weighted by Crippen LogP contribution is 2.32. The minimum atomic E-state index is -0.469. The number of nitrogens with zero attached hydrogens (tertiary/aromatic N) is 1. The van der Waals surface area contributed by atoms with Gasteiger partial charge < -0.3 is 10.2 Å². The van der Waals surface area contributed by atoms with E-state index in [1.165, 1.54) is 11.6 Å². The first-order valence-electron chi connectivity index (χ1n) is 8.83. The van der Waals surface area contributed by atoms with Crippen molar-refractivity contribution in [2.24, 2.45) is 0 Å². The van der Waals surface area contributed by atoms with Gasteiger partial charge in [0.05, 0.1) is 6.04 Å². The van der Waals surface area contributed by atoms with Crippen molar-refractivity contribution in [3.05, 3.63) is 71.5 Å². The van der Waals surface area contributed by atoms with Gasteiger partial charge in [-0.05, 0) is 30.0 Å². The molecular weight excluding hydrogens is 315 g/mol. The van der Waals surface area contributed by atoms with Crippen molar-refractivity contribution in [2.45, 2.75) is 38.1 Å². The van der Waals surface area contributed by atoms with Gasteiger partial charge in [-0.3, -0.25) is 0 Å². The fourth-order valence-corrected chi connectivity index (χ4v) is 3.53. The average Bonchev–Trinajstić information content (AvgIpc) is 3.10. The zero-order chi connectivity index (χ0) is 17.9. The summed E-state index contributed by atoms with van der Waals surface area (Å²) in [7, 11) is 0. The molecular formula is C21H25FN2O. The Bertz CT molecular complexity index is 730. The molecule has 3 nitrogen and oxygen atoms in total. The number of hydrogen-bond donors (Lipinski definition) is 1. The quantitative estimate of drug-likeness (QED) is 0.863. The minimum Gasteiger partial charge on any atom is -0.337 e. The van der Waals surface area contributed by atoms with Crippen LogP contribution in [0.3, 0.4) is 0 Å². The third-order valence-corrected chi connectivity index (χ3v) is 4.98. The number of nitrogens with one attached hydrogen (secondary N) is 1. The van der Waals surface area contributed by atoms with E-state index in [-0.39, 0.29) is 17.9 Å². The van der Waals surface area contributed by atoms with E-state index < -0.39 is 5.41 Å². The first kappa shape index (κ1) is 17.5. The summed E-state index contributed by atoms with van der Waals surface area (Å²) in [6, 6.07) is 16.9. The van der Waals surface area contributed by atoms with Crippen LogP contribution in [0.1, 0.15) is 43.9 Å². The van der Waals surface area contributed by atoms with E-state index in [1.807, 2.05) is 43.0 Å². The molecule has 0 saturated carbocycles. The first-order valence-corrected chi connectivity index (χ1v) is 8.83. The number of carbonyl (C=O) groups is 1. The van der Waals surface area contributed by atoms with Crippen molar-refractivity contribution in [1.82, 2.24) is 10.2 Å². The van der Waals surface area contributed by atoms with Gasteiger partial charge in [0, 0.05) is 18.5 Å². The van der Waals surface area contributed by atoms with Gasteiger partial charge >= 0.3 is 6.03 Å². The third kappa shape index (κ3) is 3.84. The number of benzene rings is 2. The molecule has 25 heavy (non-hydrogen) atoms. The molecule has 0 aliphatic carbocycles. The predicted molar refractivity (Wildman–Crippen MR) is 97.9 cm³/mol. The highest BCUT2D eigenvalue weighted by Gasteiger charge is 2.31. The first-order chi connectivity index (χ1) is 12.0. The summed E-state index contributed by atoms with van der Waals surface area (Å²) in [4.78, 5) is 14.6.